The number of nitrogens with zero attached hydrogens (tertiary/aromatic N) is 3. The lowest BCUT2D eigenvalue weighted by molar-refractivity contribution is -0.133. The van der Waals surface area contributed by atoms with Crippen LogP contribution < -0.4 is 4.74 Å². The van der Waals surface area contributed by atoms with Gasteiger partial charge in [0.05, 0.1) is 11.0 Å². The second-order valence-corrected chi connectivity index (χ2v) is 7.90. The summed E-state index contributed by atoms with van der Waals surface area (Å²) in [5, 5.41) is 0. The quantitative estimate of drug-likeness (QED) is 0.663. The average molecular weight is 422 g/mol. The van der Waals surface area contributed by atoms with E-state index in [4.69, 9.17) is 4.74 Å². The third kappa shape index (κ3) is 5.71. The van der Waals surface area contributed by atoms with Gasteiger partial charge in [0.2, 0.25) is 5.91 Å². The Labute approximate surface area is 160 Å². The molecule has 132 valence electrons. The molecule has 1 aliphatic rings. The molecular formula is C18H20BrN3O2S. The topological polar surface area (TPSA) is 55.3 Å². The summed E-state index contributed by atoms with van der Waals surface area (Å²) < 4.78 is 6.64. The number of piperidine rings is 1. The SMILES string of the molecule is O=C(CCSc1ccccc1)N1CCC[C@@H](Oc2ncc(Br)cn2)C1. The number of amides is 1. The molecule has 0 unspecified atom stereocenters. The van der Waals surface area contributed by atoms with E-state index in [0.29, 0.717) is 19.0 Å². The number of thioether (sulfide) groups is 1. The molecule has 1 fully saturated rings. The van der Waals surface area contributed by atoms with Crippen LogP contribution in [0.15, 0.2) is 52.1 Å². The lowest BCUT2D eigenvalue weighted by Gasteiger charge is -2.32. The van der Waals surface area contributed by atoms with E-state index in [1.807, 2.05) is 23.1 Å². The fourth-order valence-corrected chi connectivity index (χ4v) is 3.77. The fraction of sp³-hybridized carbons (Fsp3) is 0.389. The number of hydrogen-bond acceptors (Lipinski definition) is 5. The summed E-state index contributed by atoms with van der Waals surface area (Å²) in [5.41, 5.74) is 0. The first-order valence-corrected chi connectivity index (χ1v) is 10.1. The van der Waals surface area contributed by atoms with Gasteiger partial charge < -0.3 is 9.64 Å². The molecule has 7 heteroatoms. The summed E-state index contributed by atoms with van der Waals surface area (Å²) in [5.74, 6) is 0.981. The maximum atomic E-state index is 12.5. The van der Waals surface area contributed by atoms with Crippen molar-refractivity contribution in [1.82, 2.24) is 14.9 Å². The Bertz CT molecular complexity index is 684. The normalized spacial score (nSPS) is 17.3. The molecule has 1 aliphatic heterocycles. The highest BCUT2D eigenvalue weighted by Crippen LogP contribution is 2.20. The minimum absolute atomic E-state index is 0.0411. The number of rotatable bonds is 6. The molecule has 0 saturated carbocycles. The molecule has 0 spiro atoms. The number of benzene rings is 1. The number of halogens is 1. The van der Waals surface area contributed by atoms with Gasteiger partial charge in [-0.3, -0.25) is 4.79 Å². The molecule has 25 heavy (non-hydrogen) atoms. The van der Waals surface area contributed by atoms with Gasteiger partial charge in [0.25, 0.3) is 0 Å². The van der Waals surface area contributed by atoms with Crippen LogP contribution in [0.4, 0.5) is 0 Å². The van der Waals surface area contributed by atoms with Gasteiger partial charge in [-0.05, 0) is 40.9 Å². The standard InChI is InChI=1S/C18H20BrN3O2S/c19-14-11-20-18(21-12-14)24-15-5-4-9-22(13-15)17(23)8-10-25-16-6-2-1-3-7-16/h1-3,6-7,11-12,15H,4-5,8-10,13H2/t15-/m1/s1. The van der Waals surface area contributed by atoms with Crippen LogP contribution >= 0.6 is 27.7 Å². The highest BCUT2D eigenvalue weighted by molar-refractivity contribution is 9.10. The van der Waals surface area contributed by atoms with E-state index in [0.717, 1.165) is 29.6 Å². The van der Waals surface area contributed by atoms with E-state index >= 15 is 0 Å². The molecule has 2 aromatic rings. The summed E-state index contributed by atoms with van der Waals surface area (Å²) in [7, 11) is 0. The molecule has 1 aromatic carbocycles. The molecule has 1 amide bonds. The van der Waals surface area contributed by atoms with Crippen molar-refractivity contribution in [3.63, 3.8) is 0 Å². The number of carbonyl (C=O) groups excluding carboxylic acids is 1. The van der Waals surface area contributed by atoms with Crippen molar-refractivity contribution in [3.8, 4) is 6.01 Å². The maximum Gasteiger partial charge on any atom is 0.316 e. The van der Waals surface area contributed by atoms with Crippen molar-refractivity contribution in [2.75, 3.05) is 18.8 Å². The third-order valence-electron chi connectivity index (χ3n) is 3.93. The Kier molecular flexibility index (Phi) is 6.69. The smallest absolute Gasteiger partial charge is 0.316 e. The van der Waals surface area contributed by atoms with Crippen LogP contribution in [-0.4, -0.2) is 45.7 Å². The number of carbonyl (C=O) groups is 1. The van der Waals surface area contributed by atoms with E-state index < -0.39 is 0 Å². The molecule has 0 bridgehead atoms. The first kappa shape index (κ1) is 18.2. The summed E-state index contributed by atoms with van der Waals surface area (Å²) >= 11 is 5.02. The van der Waals surface area contributed by atoms with Gasteiger partial charge in [0, 0.05) is 36.0 Å². The monoisotopic (exact) mass is 421 g/mol. The Morgan fingerprint density at radius 2 is 2.04 bits per heavy atom. The Morgan fingerprint density at radius 3 is 2.80 bits per heavy atom. The highest BCUT2D eigenvalue weighted by atomic mass is 79.9. The van der Waals surface area contributed by atoms with Crippen molar-refractivity contribution in [2.45, 2.75) is 30.3 Å². The van der Waals surface area contributed by atoms with Crippen molar-refractivity contribution >= 4 is 33.6 Å². The minimum atomic E-state index is -0.0411. The molecule has 0 radical (unpaired) electrons. The molecule has 1 saturated heterocycles. The zero-order chi connectivity index (χ0) is 17.5. The van der Waals surface area contributed by atoms with Gasteiger partial charge in [-0.15, -0.1) is 11.8 Å². The molecule has 3 rings (SSSR count). The predicted molar refractivity (Wildman–Crippen MR) is 102 cm³/mol. The van der Waals surface area contributed by atoms with Crippen LogP contribution in [0, 0.1) is 0 Å². The number of hydrogen-bond donors (Lipinski definition) is 0. The summed E-state index contributed by atoms with van der Waals surface area (Å²) in [6.45, 7) is 1.41. The largest absolute Gasteiger partial charge is 0.458 e. The van der Waals surface area contributed by atoms with Gasteiger partial charge in [-0.25, -0.2) is 9.97 Å². The molecule has 1 aromatic heterocycles. The number of aromatic nitrogens is 2. The first-order valence-electron chi connectivity index (χ1n) is 8.30. The average Bonchev–Trinajstić information content (AvgIpc) is 2.65. The molecule has 0 aliphatic carbocycles. The van der Waals surface area contributed by atoms with Crippen molar-refractivity contribution in [2.24, 2.45) is 0 Å². The van der Waals surface area contributed by atoms with Gasteiger partial charge in [0.1, 0.15) is 6.10 Å². The Hall–Kier alpha value is -1.60. The molecule has 1 atom stereocenters. The van der Waals surface area contributed by atoms with Crippen LogP contribution in [0.25, 0.3) is 0 Å². The fourth-order valence-electron chi connectivity index (χ4n) is 2.70. The second-order valence-electron chi connectivity index (χ2n) is 5.82. The first-order chi connectivity index (χ1) is 12.2. The minimum Gasteiger partial charge on any atom is -0.458 e. The summed E-state index contributed by atoms with van der Waals surface area (Å²) in [4.78, 5) is 23.8. The van der Waals surface area contributed by atoms with Crippen LogP contribution in [0.3, 0.4) is 0 Å². The molecular weight excluding hydrogens is 402 g/mol. The molecule has 0 N–H and O–H groups in total. The van der Waals surface area contributed by atoms with Gasteiger partial charge in [-0.2, -0.15) is 0 Å². The zero-order valence-corrected chi connectivity index (χ0v) is 16.2. The van der Waals surface area contributed by atoms with Gasteiger partial charge >= 0.3 is 6.01 Å². The molecule has 2 heterocycles. The summed E-state index contributed by atoms with van der Waals surface area (Å²) in [6.07, 6.45) is 5.69. The lowest BCUT2D eigenvalue weighted by Crippen LogP contribution is -2.44. The second kappa shape index (κ2) is 9.20. The predicted octanol–water partition coefficient (Wildman–Crippen LogP) is 3.79. The maximum absolute atomic E-state index is 12.5. The van der Waals surface area contributed by atoms with Gasteiger partial charge in [0.15, 0.2) is 0 Å². The summed E-state index contributed by atoms with van der Waals surface area (Å²) in [6, 6.07) is 10.5. The highest BCUT2D eigenvalue weighted by Gasteiger charge is 2.25. The van der Waals surface area contributed by atoms with Crippen LogP contribution in [0.5, 0.6) is 6.01 Å². The molecule has 5 nitrogen and oxygen atoms in total. The van der Waals surface area contributed by atoms with E-state index in [1.54, 1.807) is 24.2 Å². The third-order valence-corrected chi connectivity index (χ3v) is 5.35. The van der Waals surface area contributed by atoms with E-state index in [1.165, 1.54) is 4.90 Å². The van der Waals surface area contributed by atoms with Crippen molar-refractivity contribution < 1.29 is 9.53 Å². The van der Waals surface area contributed by atoms with Crippen molar-refractivity contribution in [3.05, 3.63) is 47.2 Å². The van der Waals surface area contributed by atoms with Crippen molar-refractivity contribution in [1.29, 1.82) is 0 Å². The van der Waals surface area contributed by atoms with Crippen LogP contribution in [0.1, 0.15) is 19.3 Å². The van der Waals surface area contributed by atoms with E-state index in [9.17, 15) is 4.79 Å². The number of ether oxygens (including phenoxy) is 1. The van der Waals surface area contributed by atoms with E-state index in [-0.39, 0.29) is 12.0 Å². The lowest BCUT2D eigenvalue weighted by atomic mass is 10.1. The zero-order valence-electron chi connectivity index (χ0n) is 13.8. The van der Waals surface area contributed by atoms with E-state index in [2.05, 4.69) is 38.0 Å². The Balaban J connectivity index is 1.45. The Morgan fingerprint density at radius 1 is 1.28 bits per heavy atom. The van der Waals surface area contributed by atoms with Crippen LogP contribution in [0.2, 0.25) is 0 Å². The number of likely N-dealkylation sites (tertiary alicyclic amines) is 1. The van der Waals surface area contributed by atoms with Gasteiger partial charge in [-0.1, -0.05) is 18.2 Å². The van der Waals surface area contributed by atoms with Crippen LogP contribution in [-0.2, 0) is 4.79 Å².